The molecule has 0 fully saturated rings. The predicted molar refractivity (Wildman–Crippen MR) is 133 cm³/mol. The highest BCUT2D eigenvalue weighted by atomic mass is 35.5. The van der Waals surface area contributed by atoms with E-state index in [9.17, 15) is 14.7 Å². The van der Waals surface area contributed by atoms with Crippen LogP contribution in [0.1, 0.15) is 41.5 Å². The molecule has 2 heterocycles. The van der Waals surface area contributed by atoms with Crippen LogP contribution < -0.4 is 19.5 Å². The molecule has 1 aliphatic rings. The van der Waals surface area contributed by atoms with Gasteiger partial charge in [-0.2, -0.15) is 5.10 Å². The second-order valence-electron chi connectivity index (χ2n) is 8.30. The summed E-state index contributed by atoms with van der Waals surface area (Å²) in [5.41, 5.74) is 0.586. The van der Waals surface area contributed by atoms with Crippen molar-refractivity contribution in [1.82, 2.24) is 14.7 Å². The fourth-order valence-electron chi connectivity index (χ4n) is 3.75. The predicted octanol–water partition coefficient (Wildman–Crippen LogP) is 4.08. The van der Waals surface area contributed by atoms with Gasteiger partial charge in [-0.3, -0.25) is 14.3 Å². The van der Waals surface area contributed by atoms with Crippen molar-refractivity contribution in [3.05, 3.63) is 58.7 Å². The number of carbonyl (C=O) groups is 2. The lowest BCUT2D eigenvalue weighted by Gasteiger charge is -2.34. The maximum Gasteiger partial charge on any atom is 0.260 e. The molecule has 2 amide bonds. The van der Waals surface area contributed by atoms with Gasteiger partial charge in [0.15, 0.2) is 17.8 Å². The molecule has 3 aromatic rings. The molecule has 1 aromatic heterocycles. The number of nitrogens with one attached hydrogen (secondary N) is 1. The molecule has 0 saturated heterocycles. The standard InChI is InChI=1S/C25H27ClN4O6/c1-5-30-15(3)35-23-19(25(30)33)6-7-20(22(23)26)36-18-11-16(10-17(12-18)34-14(2)13-31)24(32)27-21-8-9-29(4)28-21/h6-12,14-15,31H,5,13H2,1-4H3,(H,27,28,32)/t14-,15?/m0/s1. The van der Waals surface area contributed by atoms with Crippen LogP contribution in [0.2, 0.25) is 5.02 Å². The molecule has 0 spiro atoms. The largest absolute Gasteiger partial charge is 0.488 e. The molecule has 36 heavy (non-hydrogen) atoms. The third-order valence-electron chi connectivity index (χ3n) is 5.54. The first-order chi connectivity index (χ1) is 17.2. The van der Waals surface area contributed by atoms with E-state index >= 15 is 0 Å². The van der Waals surface area contributed by atoms with Crippen molar-refractivity contribution in [1.29, 1.82) is 0 Å². The van der Waals surface area contributed by atoms with Crippen molar-refractivity contribution in [2.24, 2.45) is 7.05 Å². The summed E-state index contributed by atoms with van der Waals surface area (Å²) in [4.78, 5) is 27.3. The van der Waals surface area contributed by atoms with Crippen LogP contribution in [0, 0.1) is 0 Å². The number of aliphatic hydroxyl groups is 1. The number of fused-ring (bicyclic) bond motifs is 1. The van der Waals surface area contributed by atoms with Gasteiger partial charge in [-0.05, 0) is 45.0 Å². The van der Waals surface area contributed by atoms with Crippen LogP contribution in [0.25, 0.3) is 0 Å². The second-order valence-corrected chi connectivity index (χ2v) is 8.68. The number of rotatable bonds is 8. The number of amides is 2. The van der Waals surface area contributed by atoms with Crippen molar-refractivity contribution in [3.63, 3.8) is 0 Å². The number of hydrogen-bond donors (Lipinski definition) is 2. The van der Waals surface area contributed by atoms with Crippen LogP contribution in [-0.4, -0.2) is 57.1 Å². The Hall–Kier alpha value is -3.76. The van der Waals surface area contributed by atoms with Gasteiger partial charge in [-0.25, -0.2) is 0 Å². The topological polar surface area (TPSA) is 115 Å². The van der Waals surface area contributed by atoms with Crippen LogP contribution in [0.4, 0.5) is 5.82 Å². The summed E-state index contributed by atoms with van der Waals surface area (Å²) in [6.07, 6.45) is 0.709. The molecule has 0 bridgehead atoms. The molecule has 4 rings (SSSR count). The molecule has 11 heteroatoms. The molecule has 0 aliphatic carbocycles. The Morgan fingerprint density at radius 2 is 2.03 bits per heavy atom. The summed E-state index contributed by atoms with van der Waals surface area (Å²) in [5, 5.41) is 16.4. The van der Waals surface area contributed by atoms with Crippen LogP contribution in [0.15, 0.2) is 42.6 Å². The number of aliphatic hydroxyl groups excluding tert-OH is 1. The van der Waals surface area contributed by atoms with E-state index in [0.29, 0.717) is 23.7 Å². The maximum atomic E-state index is 12.9. The normalized spacial score (nSPS) is 15.7. The Labute approximate surface area is 213 Å². The monoisotopic (exact) mass is 514 g/mol. The molecule has 1 aliphatic heterocycles. The lowest BCUT2D eigenvalue weighted by Crippen LogP contribution is -2.45. The highest BCUT2D eigenvalue weighted by Gasteiger charge is 2.32. The summed E-state index contributed by atoms with van der Waals surface area (Å²) in [6, 6.07) is 9.47. The third-order valence-corrected chi connectivity index (χ3v) is 5.90. The number of ether oxygens (including phenoxy) is 3. The third kappa shape index (κ3) is 5.24. The van der Waals surface area contributed by atoms with Gasteiger partial charge in [0.1, 0.15) is 28.4 Å². The Kier molecular flexibility index (Phi) is 7.37. The number of anilines is 1. The highest BCUT2D eigenvalue weighted by molar-refractivity contribution is 6.34. The van der Waals surface area contributed by atoms with E-state index in [2.05, 4.69) is 10.4 Å². The first-order valence-corrected chi connectivity index (χ1v) is 11.8. The lowest BCUT2D eigenvalue weighted by molar-refractivity contribution is 0.0205. The Bertz CT molecular complexity index is 1290. The SMILES string of the molecule is CCN1C(=O)c2ccc(Oc3cc(O[C@@H](C)CO)cc(C(=O)Nc4ccn(C)n4)c3)c(Cl)c2OC1C. The number of halogens is 1. The van der Waals surface area contributed by atoms with Crippen molar-refractivity contribution in [2.75, 3.05) is 18.5 Å². The summed E-state index contributed by atoms with van der Waals surface area (Å²) >= 11 is 6.58. The molecule has 2 N–H and O–H groups in total. The van der Waals surface area contributed by atoms with E-state index in [1.165, 1.54) is 12.1 Å². The zero-order valence-electron chi connectivity index (χ0n) is 20.3. The van der Waals surface area contributed by atoms with Gasteiger partial charge in [0, 0.05) is 37.5 Å². The van der Waals surface area contributed by atoms with Crippen LogP contribution in [-0.2, 0) is 7.05 Å². The number of nitrogens with zero attached hydrogens (tertiary/aromatic N) is 3. The zero-order chi connectivity index (χ0) is 26.0. The molecule has 0 radical (unpaired) electrons. The highest BCUT2D eigenvalue weighted by Crippen LogP contribution is 2.42. The quantitative estimate of drug-likeness (QED) is 0.465. The first-order valence-electron chi connectivity index (χ1n) is 11.4. The zero-order valence-corrected chi connectivity index (χ0v) is 21.1. The maximum absolute atomic E-state index is 12.9. The van der Waals surface area contributed by atoms with E-state index in [-0.39, 0.29) is 40.3 Å². The van der Waals surface area contributed by atoms with Crippen molar-refractivity contribution in [2.45, 2.75) is 33.1 Å². The van der Waals surface area contributed by atoms with Gasteiger partial charge >= 0.3 is 0 Å². The fourth-order valence-corrected chi connectivity index (χ4v) is 4.00. The van der Waals surface area contributed by atoms with Gasteiger partial charge in [-0.1, -0.05) is 11.6 Å². The van der Waals surface area contributed by atoms with Crippen LogP contribution >= 0.6 is 11.6 Å². The Morgan fingerprint density at radius 1 is 1.28 bits per heavy atom. The minimum absolute atomic E-state index is 0.137. The second kappa shape index (κ2) is 10.5. The van der Waals surface area contributed by atoms with Crippen molar-refractivity contribution >= 4 is 29.2 Å². The van der Waals surface area contributed by atoms with Crippen LogP contribution in [0.5, 0.6) is 23.0 Å². The van der Waals surface area contributed by atoms with Gasteiger partial charge in [0.2, 0.25) is 0 Å². The average molecular weight is 515 g/mol. The van der Waals surface area contributed by atoms with Crippen molar-refractivity contribution < 1.29 is 28.9 Å². The average Bonchev–Trinajstić information content (AvgIpc) is 3.25. The molecule has 190 valence electrons. The minimum atomic E-state index is -0.512. The molecule has 0 saturated carbocycles. The van der Waals surface area contributed by atoms with E-state index in [1.807, 2.05) is 6.92 Å². The molecule has 10 nitrogen and oxygen atoms in total. The number of hydrogen-bond acceptors (Lipinski definition) is 7. The first kappa shape index (κ1) is 25.3. The fraction of sp³-hybridized carbons (Fsp3) is 0.320. The van der Waals surface area contributed by atoms with Crippen LogP contribution in [0.3, 0.4) is 0 Å². The lowest BCUT2D eigenvalue weighted by atomic mass is 10.1. The number of aromatic nitrogens is 2. The smallest absolute Gasteiger partial charge is 0.260 e. The van der Waals surface area contributed by atoms with Crippen molar-refractivity contribution in [3.8, 4) is 23.0 Å². The van der Waals surface area contributed by atoms with Gasteiger partial charge in [0.05, 0.1) is 12.2 Å². The molecular weight excluding hydrogens is 488 g/mol. The van der Waals surface area contributed by atoms with Gasteiger partial charge in [0.25, 0.3) is 11.8 Å². The molecular formula is C25H27ClN4O6. The summed E-state index contributed by atoms with van der Waals surface area (Å²) in [7, 11) is 1.74. The van der Waals surface area contributed by atoms with E-state index in [1.54, 1.807) is 60.9 Å². The number of benzene rings is 2. The van der Waals surface area contributed by atoms with Gasteiger partial charge < -0.3 is 29.5 Å². The van der Waals surface area contributed by atoms with E-state index < -0.39 is 18.2 Å². The van der Waals surface area contributed by atoms with E-state index in [0.717, 1.165) is 0 Å². The minimum Gasteiger partial charge on any atom is -0.488 e. The molecule has 2 atom stereocenters. The molecule has 1 unspecified atom stereocenters. The number of aryl methyl sites for hydroxylation is 1. The van der Waals surface area contributed by atoms with Gasteiger partial charge in [-0.15, -0.1) is 0 Å². The van der Waals surface area contributed by atoms with E-state index in [4.69, 9.17) is 25.8 Å². The Morgan fingerprint density at radius 3 is 2.69 bits per heavy atom. The number of carbonyl (C=O) groups excluding carboxylic acids is 2. The summed E-state index contributed by atoms with van der Waals surface area (Å²) in [6.45, 7) is 5.61. The summed E-state index contributed by atoms with van der Waals surface area (Å²) < 4.78 is 19.2. The Balaban J connectivity index is 1.66. The molecule has 2 aromatic carbocycles. The summed E-state index contributed by atoms with van der Waals surface area (Å²) in [5.74, 6) is 0.828.